The minimum absolute atomic E-state index is 0.130. The summed E-state index contributed by atoms with van der Waals surface area (Å²) in [5.41, 5.74) is 2.68. The fourth-order valence-electron chi connectivity index (χ4n) is 3.12. The van der Waals surface area contributed by atoms with Crippen LogP contribution in [0.25, 0.3) is 0 Å². The molecular weight excluding hydrogens is 434 g/mol. The molecule has 170 valence electrons. The molecule has 0 bridgehead atoms. The molecule has 0 aliphatic heterocycles. The van der Waals surface area contributed by atoms with Gasteiger partial charge in [-0.3, -0.25) is 14.9 Å². The van der Waals surface area contributed by atoms with Gasteiger partial charge in [0.2, 0.25) is 0 Å². The third-order valence-electron chi connectivity index (χ3n) is 4.77. The number of benzene rings is 3. The van der Waals surface area contributed by atoms with Crippen LogP contribution in [-0.4, -0.2) is 30.1 Å². The Balaban J connectivity index is 1.58. The fourth-order valence-corrected chi connectivity index (χ4v) is 3.33. The van der Waals surface area contributed by atoms with Crippen LogP contribution in [0.3, 0.4) is 0 Å². The highest BCUT2D eigenvalue weighted by atomic mass is 32.1. The second kappa shape index (κ2) is 12.4. The number of rotatable bonds is 9. The number of para-hydroxylation sites is 1. The number of carbonyl (C=O) groups excluding carboxylic acids is 2. The smallest absolute Gasteiger partial charge is 0.261 e. The van der Waals surface area contributed by atoms with Gasteiger partial charge >= 0.3 is 0 Å². The van der Waals surface area contributed by atoms with Crippen molar-refractivity contribution in [2.45, 2.75) is 19.8 Å². The molecule has 0 heterocycles. The van der Waals surface area contributed by atoms with Crippen LogP contribution in [0.4, 0.5) is 5.69 Å². The lowest BCUT2D eigenvalue weighted by atomic mass is 10.1. The minimum Gasteiger partial charge on any atom is -0.492 e. The molecule has 7 heteroatoms. The number of thiocarbonyl (C=S) groups is 1. The third kappa shape index (κ3) is 7.43. The van der Waals surface area contributed by atoms with E-state index in [1.54, 1.807) is 42.5 Å². The van der Waals surface area contributed by atoms with Gasteiger partial charge in [0.05, 0.1) is 12.2 Å². The normalized spacial score (nSPS) is 10.2. The topological polar surface area (TPSA) is 79.5 Å². The van der Waals surface area contributed by atoms with Gasteiger partial charge in [-0.05, 0) is 54.5 Å². The van der Waals surface area contributed by atoms with Crippen molar-refractivity contribution in [3.8, 4) is 5.75 Å². The molecule has 3 aromatic rings. The molecule has 0 unspecified atom stereocenters. The first-order valence-electron chi connectivity index (χ1n) is 10.8. The Bertz CT molecular complexity index is 1100. The fraction of sp³-hybridized carbons (Fsp3) is 0.192. The monoisotopic (exact) mass is 461 g/mol. The minimum atomic E-state index is -0.375. The summed E-state index contributed by atoms with van der Waals surface area (Å²) in [6.07, 6.45) is 1.59. The highest BCUT2D eigenvalue weighted by Crippen LogP contribution is 2.18. The molecule has 0 atom stereocenters. The van der Waals surface area contributed by atoms with Crippen molar-refractivity contribution in [2.24, 2.45) is 0 Å². The van der Waals surface area contributed by atoms with E-state index in [-0.39, 0.29) is 16.9 Å². The van der Waals surface area contributed by atoms with Crippen molar-refractivity contribution in [1.82, 2.24) is 10.6 Å². The largest absolute Gasteiger partial charge is 0.492 e. The molecule has 0 aliphatic carbocycles. The number of ether oxygens (including phenoxy) is 1. The molecule has 33 heavy (non-hydrogen) atoms. The van der Waals surface area contributed by atoms with Gasteiger partial charge in [-0.25, -0.2) is 0 Å². The molecule has 0 saturated heterocycles. The molecule has 6 nitrogen and oxygen atoms in total. The van der Waals surface area contributed by atoms with Crippen molar-refractivity contribution in [1.29, 1.82) is 0 Å². The summed E-state index contributed by atoms with van der Waals surface area (Å²) < 4.78 is 5.87. The number of anilines is 1. The second-order valence-corrected chi connectivity index (χ2v) is 7.73. The lowest BCUT2D eigenvalue weighted by Gasteiger charge is -2.13. The van der Waals surface area contributed by atoms with E-state index in [0.29, 0.717) is 35.7 Å². The summed E-state index contributed by atoms with van der Waals surface area (Å²) in [6, 6.07) is 24.0. The number of nitrogens with one attached hydrogen (secondary N) is 3. The van der Waals surface area contributed by atoms with Gasteiger partial charge in [0.15, 0.2) is 5.11 Å². The Morgan fingerprint density at radius 3 is 2.45 bits per heavy atom. The maximum absolute atomic E-state index is 12.8. The zero-order valence-electron chi connectivity index (χ0n) is 18.5. The molecular formula is C26H27N3O3S. The quantitative estimate of drug-likeness (QED) is 0.407. The lowest BCUT2D eigenvalue weighted by Crippen LogP contribution is -2.34. The summed E-state index contributed by atoms with van der Waals surface area (Å²) >= 11 is 5.30. The predicted octanol–water partition coefficient (Wildman–Crippen LogP) is 4.57. The predicted molar refractivity (Wildman–Crippen MR) is 135 cm³/mol. The van der Waals surface area contributed by atoms with Crippen molar-refractivity contribution in [3.63, 3.8) is 0 Å². The van der Waals surface area contributed by atoms with Crippen LogP contribution in [0, 0.1) is 0 Å². The highest BCUT2D eigenvalue weighted by molar-refractivity contribution is 7.80. The van der Waals surface area contributed by atoms with E-state index in [4.69, 9.17) is 17.0 Å². The molecule has 3 aromatic carbocycles. The van der Waals surface area contributed by atoms with E-state index in [1.807, 2.05) is 43.3 Å². The molecule has 3 rings (SSSR count). The van der Waals surface area contributed by atoms with E-state index in [2.05, 4.69) is 16.0 Å². The van der Waals surface area contributed by atoms with E-state index in [9.17, 15) is 9.59 Å². The van der Waals surface area contributed by atoms with Gasteiger partial charge < -0.3 is 15.4 Å². The summed E-state index contributed by atoms with van der Waals surface area (Å²) in [5.74, 6) is -0.0417. The van der Waals surface area contributed by atoms with Gasteiger partial charge in [0.25, 0.3) is 11.8 Å². The van der Waals surface area contributed by atoms with Crippen molar-refractivity contribution >= 4 is 34.8 Å². The van der Waals surface area contributed by atoms with Gasteiger partial charge in [-0.2, -0.15) is 0 Å². The van der Waals surface area contributed by atoms with Crippen LogP contribution < -0.4 is 20.7 Å². The van der Waals surface area contributed by atoms with Crippen molar-refractivity contribution < 1.29 is 14.3 Å². The third-order valence-corrected chi connectivity index (χ3v) is 4.97. The Labute approximate surface area is 199 Å². The Hall–Kier alpha value is -3.71. The van der Waals surface area contributed by atoms with Gasteiger partial charge in [-0.15, -0.1) is 0 Å². The first kappa shape index (κ1) is 23.9. The molecule has 3 N–H and O–H groups in total. The van der Waals surface area contributed by atoms with Gasteiger partial charge in [-0.1, -0.05) is 55.5 Å². The SMILES string of the molecule is CCCNC(=O)c1cccc(NC(=S)NC(=O)c2ccccc2OCCc2ccccc2)c1. The molecule has 0 fully saturated rings. The van der Waals surface area contributed by atoms with Gasteiger partial charge in [0.1, 0.15) is 5.75 Å². The summed E-state index contributed by atoms with van der Waals surface area (Å²) in [5, 5.41) is 8.60. The molecule has 2 amide bonds. The maximum Gasteiger partial charge on any atom is 0.261 e. The maximum atomic E-state index is 12.8. The standard InChI is InChI=1S/C26H27N3O3S/c1-2-16-27-24(30)20-11-8-12-21(18-20)28-26(33)29-25(31)22-13-6-7-14-23(22)32-17-15-19-9-4-3-5-10-19/h3-14,18H,2,15-17H2,1H3,(H,27,30)(H2,28,29,31,33). The first-order valence-corrected chi connectivity index (χ1v) is 11.2. The van der Waals surface area contributed by atoms with Crippen LogP contribution in [0.5, 0.6) is 5.75 Å². The zero-order valence-corrected chi connectivity index (χ0v) is 19.3. The molecule has 0 aromatic heterocycles. The summed E-state index contributed by atoms with van der Waals surface area (Å²) in [7, 11) is 0. The van der Waals surface area contributed by atoms with Crippen LogP contribution >= 0.6 is 12.2 Å². The lowest BCUT2D eigenvalue weighted by molar-refractivity contribution is 0.0950. The first-order chi connectivity index (χ1) is 16.1. The average Bonchev–Trinajstić information content (AvgIpc) is 2.83. The average molecular weight is 462 g/mol. The van der Waals surface area contributed by atoms with Gasteiger partial charge in [0, 0.05) is 24.2 Å². The Kier molecular flexibility index (Phi) is 8.97. The molecule has 0 aliphatic rings. The number of amides is 2. The van der Waals surface area contributed by atoms with Crippen LogP contribution in [0.1, 0.15) is 39.6 Å². The van der Waals surface area contributed by atoms with Crippen LogP contribution in [-0.2, 0) is 6.42 Å². The molecule has 0 radical (unpaired) electrons. The summed E-state index contributed by atoms with van der Waals surface area (Å²) in [4.78, 5) is 25.0. The summed E-state index contributed by atoms with van der Waals surface area (Å²) in [6.45, 7) is 3.05. The van der Waals surface area contributed by atoms with Crippen LogP contribution in [0.15, 0.2) is 78.9 Å². The number of hydrogen-bond acceptors (Lipinski definition) is 4. The Morgan fingerprint density at radius 2 is 1.67 bits per heavy atom. The zero-order chi connectivity index (χ0) is 23.5. The van der Waals surface area contributed by atoms with E-state index in [0.717, 1.165) is 18.4 Å². The van der Waals surface area contributed by atoms with Crippen molar-refractivity contribution in [3.05, 3.63) is 95.6 Å². The molecule has 0 spiro atoms. The second-order valence-electron chi connectivity index (χ2n) is 7.33. The molecule has 0 saturated carbocycles. The highest BCUT2D eigenvalue weighted by Gasteiger charge is 2.14. The van der Waals surface area contributed by atoms with E-state index < -0.39 is 0 Å². The Morgan fingerprint density at radius 1 is 0.909 bits per heavy atom. The van der Waals surface area contributed by atoms with Crippen molar-refractivity contribution in [2.75, 3.05) is 18.5 Å². The van der Waals surface area contributed by atoms with Crippen LogP contribution in [0.2, 0.25) is 0 Å². The number of carbonyl (C=O) groups is 2. The van der Waals surface area contributed by atoms with E-state index >= 15 is 0 Å². The van der Waals surface area contributed by atoms with E-state index in [1.165, 1.54) is 0 Å². The number of hydrogen-bond donors (Lipinski definition) is 3.